The lowest BCUT2D eigenvalue weighted by atomic mass is 10.1. The summed E-state index contributed by atoms with van der Waals surface area (Å²) in [7, 11) is 0. The Balaban J connectivity index is 1.44. The van der Waals surface area contributed by atoms with E-state index in [0.717, 1.165) is 23.6 Å². The fraction of sp³-hybridized carbons (Fsp3) is 0.385. The third kappa shape index (κ3) is 5.44. The second-order valence-electron chi connectivity index (χ2n) is 9.42. The first kappa shape index (κ1) is 25.5. The number of hydrogen-bond donors (Lipinski definition) is 1. The summed E-state index contributed by atoms with van der Waals surface area (Å²) in [6.07, 6.45) is 1.47. The van der Waals surface area contributed by atoms with Gasteiger partial charge in [0.25, 0.3) is 0 Å². The maximum Gasteiger partial charge on any atom is 0.250 e. The smallest absolute Gasteiger partial charge is 0.250 e. The number of nitrogens with two attached hydrogens (primary N) is 1. The van der Waals surface area contributed by atoms with Gasteiger partial charge in [0, 0.05) is 55.1 Å². The van der Waals surface area contributed by atoms with E-state index in [4.69, 9.17) is 43.6 Å². The van der Waals surface area contributed by atoms with Crippen molar-refractivity contribution in [2.45, 2.75) is 25.9 Å². The molecule has 2 unspecified atom stereocenters. The van der Waals surface area contributed by atoms with E-state index in [0.29, 0.717) is 60.2 Å². The largest absolute Gasteiger partial charge is 0.377 e. The lowest BCUT2D eigenvalue weighted by Gasteiger charge is -2.42. The summed E-state index contributed by atoms with van der Waals surface area (Å²) in [5.74, 6) is 1.65. The topological polar surface area (TPSA) is 101 Å². The molecule has 1 aromatic carbocycles. The normalized spacial score (nSPS) is 20.3. The highest BCUT2D eigenvalue weighted by molar-refractivity contribution is 6.33. The minimum atomic E-state index is -0.551. The Morgan fingerprint density at radius 2 is 1.81 bits per heavy atom. The average molecular weight is 542 g/mol. The van der Waals surface area contributed by atoms with Gasteiger partial charge in [0.1, 0.15) is 11.6 Å². The molecule has 2 N–H and O–H groups in total. The predicted octanol–water partition coefficient (Wildman–Crippen LogP) is 3.88. The van der Waals surface area contributed by atoms with E-state index >= 15 is 0 Å². The second kappa shape index (κ2) is 10.7. The number of morpholine rings is 1. The van der Waals surface area contributed by atoms with Gasteiger partial charge in [0.15, 0.2) is 0 Å². The summed E-state index contributed by atoms with van der Waals surface area (Å²) >= 11 is 12.6. The molecule has 2 aliphatic heterocycles. The second-order valence-corrected chi connectivity index (χ2v) is 10.3. The zero-order valence-electron chi connectivity index (χ0n) is 20.8. The van der Waals surface area contributed by atoms with Gasteiger partial charge in [-0.3, -0.25) is 4.79 Å². The highest BCUT2D eigenvalue weighted by Gasteiger charge is 2.29. The van der Waals surface area contributed by atoms with E-state index in [-0.39, 0.29) is 12.1 Å². The Labute approximate surface area is 226 Å². The monoisotopic (exact) mass is 541 g/mol. The number of halogens is 2. The van der Waals surface area contributed by atoms with Gasteiger partial charge in [-0.1, -0.05) is 35.3 Å². The molecule has 0 spiro atoms. The van der Waals surface area contributed by atoms with Crippen molar-refractivity contribution in [1.82, 2.24) is 15.0 Å². The van der Waals surface area contributed by atoms with Crippen molar-refractivity contribution >= 4 is 46.7 Å². The molecule has 2 atom stereocenters. The van der Waals surface area contributed by atoms with Crippen molar-refractivity contribution < 1.29 is 9.53 Å². The lowest BCUT2D eigenvalue weighted by molar-refractivity contribution is 0.0981. The number of primary amides is 1. The summed E-state index contributed by atoms with van der Waals surface area (Å²) in [4.78, 5) is 32.5. The van der Waals surface area contributed by atoms with Gasteiger partial charge in [-0.2, -0.15) is 4.98 Å². The number of hydrogen-bond acceptors (Lipinski definition) is 8. The SMILES string of the molecule is CC1CN(c2ncc(C(N)=O)cc2Cl)CCN1c1cc(-c2ccc(Cl)cc2)nc(N2CCOCC2C)n1. The summed E-state index contributed by atoms with van der Waals surface area (Å²) in [5.41, 5.74) is 7.48. The Hall–Kier alpha value is -3.14. The Morgan fingerprint density at radius 1 is 1.03 bits per heavy atom. The summed E-state index contributed by atoms with van der Waals surface area (Å²) in [6, 6.07) is 11.6. The maximum atomic E-state index is 11.5. The van der Waals surface area contributed by atoms with Crippen molar-refractivity contribution in [3.05, 3.63) is 58.2 Å². The highest BCUT2D eigenvalue weighted by atomic mass is 35.5. The number of carbonyl (C=O) groups is 1. The molecule has 4 heterocycles. The number of rotatable bonds is 5. The van der Waals surface area contributed by atoms with E-state index in [1.165, 1.54) is 6.20 Å². The minimum absolute atomic E-state index is 0.116. The van der Waals surface area contributed by atoms with Crippen molar-refractivity contribution in [3.63, 3.8) is 0 Å². The fourth-order valence-corrected chi connectivity index (χ4v) is 5.19. The molecule has 3 aromatic rings. The first-order valence-corrected chi connectivity index (χ1v) is 13.0. The quantitative estimate of drug-likeness (QED) is 0.519. The summed E-state index contributed by atoms with van der Waals surface area (Å²) in [6.45, 7) is 8.39. The van der Waals surface area contributed by atoms with Crippen LogP contribution >= 0.6 is 23.2 Å². The standard InChI is InChI=1S/C26H29Cl2N7O2/c1-16-14-33(25-21(28)11-19(13-30-25)24(29)36)7-8-34(16)23-12-22(18-3-5-20(27)6-4-18)31-26(32-23)35-9-10-37-15-17(35)2/h3-6,11-13,16-17H,7-10,14-15H2,1-2H3,(H2,29,36). The van der Waals surface area contributed by atoms with E-state index < -0.39 is 5.91 Å². The van der Waals surface area contributed by atoms with Crippen LogP contribution in [0.25, 0.3) is 11.3 Å². The van der Waals surface area contributed by atoms with Crippen LogP contribution in [0.3, 0.4) is 0 Å². The van der Waals surface area contributed by atoms with Crippen LogP contribution in [0.1, 0.15) is 24.2 Å². The lowest BCUT2D eigenvalue weighted by Crippen LogP contribution is -2.53. The van der Waals surface area contributed by atoms with Crippen molar-refractivity contribution in [3.8, 4) is 11.3 Å². The molecule has 5 rings (SSSR count). The van der Waals surface area contributed by atoms with Crippen LogP contribution in [0.15, 0.2) is 42.6 Å². The Bertz CT molecular complexity index is 1290. The first-order chi connectivity index (χ1) is 17.8. The van der Waals surface area contributed by atoms with Gasteiger partial charge < -0.3 is 25.2 Å². The van der Waals surface area contributed by atoms with E-state index in [2.05, 4.69) is 33.5 Å². The van der Waals surface area contributed by atoms with Crippen molar-refractivity contribution in [2.24, 2.45) is 5.73 Å². The zero-order chi connectivity index (χ0) is 26.1. The number of piperazine rings is 1. The molecule has 194 valence electrons. The number of anilines is 3. The molecule has 1 amide bonds. The number of benzene rings is 1. The van der Waals surface area contributed by atoms with Crippen LogP contribution in [-0.2, 0) is 4.74 Å². The van der Waals surface area contributed by atoms with Crippen molar-refractivity contribution in [1.29, 1.82) is 0 Å². The van der Waals surface area contributed by atoms with Crippen LogP contribution in [0.5, 0.6) is 0 Å². The third-order valence-electron chi connectivity index (χ3n) is 6.79. The van der Waals surface area contributed by atoms with Crippen LogP contribution in [0.4, 0.5) is 17.6 Å². The number of amides is 1. The van der Waals surface area contributed by atoms with Gasteiger partial charge >= 0.3 is 0 Å². The molecule has 37 heavy (non-hydrogen) atoms. The molecule has 2 fully saturated rings. The van der Waals surface area contributed by atoms with Crippen LogP contribution in [-0.4, -0.2) is 72.3 Å². The number of carbonyl (C=O) groups excluding carboxylic acids is 1. The van der Waals surface area contributed by atoms with E-state index in [1.54, 1.807) is 6.07 Å². The Kier molecular flexibility index (Phi) is 7.37. The maximum absolute atomic E-state index is 11.5. The molecular weight excluding hydrogens is 513 g/mol. The van der Waals surface area contributed by atoms with Crippen LogP contribution < -0.4 is 20.4 Å². The molecular formula is C26H29Cl2N7O2. The third-order valence-corrected chi connectivity index (χ3v) is 7.32. The number of pyridine rings is 1. The first-order valence-electron chi connectivity index (χ1n) is 12.3. The van der Waals surface area contributed by atoms with Crippen LogP contribution in [0.2, 0.25) is 10.0 Å². The molecule has 0 saturated carbocycles. The van der Waals surface area contributed by atoms with Gasteiger partial charge in [-0.15, -0.1) is 0 Å². The average Bonchev–Trinajstić information content (AvgIpc) is 2.89. The van der Waals surface area contributed by atoms with E-state index in [9.17, 15) is 4.79 Å². The molecule has 0 aliphatic carbocycles. The number of aromatic nitrogens is 3. The molecule has 2 aromatic heterocycles. The number of nitrogens with zero attached hydrogens (tertiary/aromatic N) is 6. The summed E-state index contributed by atoms with van der Waals surface area (Å²) in [5, 5.41) is 1.09. The van der Waals surface area contributed by atoms with Gasteiger partial charge in [-0.25, -0.2) is 9.97 Å². The highest BCUT2D eigenvalue weighted by Crippen LogP contribution is 2.31. The number of ether oxygens (including phenoxy) is 1. The predicted molar refractivity (Wildman–Crippen MR) is 147 cm³/mol. The zero-order valence-corrected chi connectivity index (χ0v) is 22.3. The molecule has 2 aliphatic rings. The molecule has 9 nitrogen and oxygen atoms in total. The molecule has 2 saturated heterocycles. The Morgan fingerprint density at radius 3 is 2.49 bits per heavy atom. The van der Waals surface area contributed by atoms with Gasteiger partial charge in [0.05, 0.1) is 35.5 Å². The van der Waals surface area contributed by atoms with Crippen LogP contribution in [0, 0.1) is 0 Å². The molecule has 0 bridgehead atoms. The van der Waals surface area contributed by atoms with Crippen molar-refractivity contribution in [2.75, 3.05) is 54.1 Å². The fourth-order valence-electron chi connectivity index (χ4n) is 4.78. The molecule has 0 radical (unpaired) electrons. The molecule has 11 heteroatoms. The summed E-state index contributed by atoms with van der Waals surface area (Å²) < 4.78 is 5.64. The van der Waals surface area contributed by atoms with E-state index in [1.807, 2.05) is 30.3 Å². The van der Waals surface area contributed by atoms with Gasteiger partial charge in [-0.05, 0) is 32.0 Å². The minimum Gasteiger partial charge on any atom is -0.377 e. The van der Waals surface area contributed by atoms with Gasteiger partial charge in [0.2, 0.25) is 11.9 Å².